The molecule has 1 aromatic carbocycles. The lowest BCUT2D eigenvalue weighted by atomic mass is 10.00. The lowest BCUT2D eigenvalue weighted by Crippen LogP contribution is -2.52. The molecule has 0 aromatic heterocycles. The van der Waals surface area contributed by atoms with Crippen molar-refractivity contribution in [1.82, 2.24) is 10.4 Å². The minimum atomic E-state index is -0.920. The Labute approximate surface area is 125 Å². The summed E-state index contributed by atoms with van der Waals surface area (Å²) < 4.78 is 5.62. The summed E-state index contributed by atoms with van der Waals surface area (Å²) in [4.78, 5) is 10.8. The fourth-order valence-electron chi connectivity index (χ4n) is 2.77. The third-order valence-electron chi connectivity index (χ3n) is 3.96. The molecular formula is C16H24N2O3. The van der Waals surface area contributed by atoms with Gasteiger partial charge in [0, 0.05) is 18.6 Å². The zero-order chi connectivity index (χ0) is 15.2. The molecule has 1 heterocycles. The van der Waals surface area contributed by atoms with E-state index in [4.69, 9.17) is 9.84 Å². The summed E-state index contributed by atoms with van der Waals surface area (Å²) in [6.07, 6.45) is 3.76. The van der Waals surface area contributed by atoms with E-state index >= 15 is 0 Å². The molecule has 0 radical (unpaired) electrons. The van der Waals surface area contributed by atoms with Crippen LogP contribution >= 0.6 is 0 Å². The largest absolute Gasteiger partial charge is 0.492 e. The van der Waals surface area contributed by atoms with Crippen molar-refractivity contribution in [2.75, 3.05) is 13.2 Å². The lowest BCUT2D eigenvalue weighted by molar-refractivity contribution is 0.0417. The number of carboxylic acid groups (broad SMARTS) is 1. The molecule has 116 valence electrons. The van der Waals surface area contributed by atoms with Crippen molar-refractivity contribution in [3.8, 4) is 5.75 Å². The van der Waals surface area contributed by atoms with Crippen LogP contribution in [0.2, 0.25) is 0 Å². The standard InChI is InChI=1S/C16H24N2O3/c1-12-4-3-5-13(2)18(12)17-10-11-21-15-8-6-14(7-9-15)16(19)20/h6-9,12-13,17H,3-5,10-11H2,1-2H3,(H,19,20). The molecule has 2 unspecified atom stereocenters. The van der Waals surface area contributed by atoms with Gasteiger partial charge in [-0.3, -0.25) is 5.43 Å². The second-order valence-corrected chi connectivity index (χ2v) is 5.62. The van der Waals surface area contributed by atoms with Gasteiger partial charge in [-0.25, -0.2) is 9.80 Å². The van der Waals surface area contributed by atoms with Crippen molar-refractivity contribution in [2.45, 2.75) is 45.2 Å². The first-order chi connectivity index (χ1) is 10.1. The summed E-state index contributed by atoms with van der Waals surface area (Å²) in [6.45, 7) is 5.79. The Morgan fingerprint density at radius 1 is 1.29 bits per heavy atom. The van der Waals surface area contributed by atoms with E-state index < -0.39 is 5.97 Å². The molecule has 2 atom stereocenters. The molecule has 1 aromatic rings. The molecule has 0 aliphatic carbocycles. The van der Waals surface area contributed by atoms with Gasteiger partial charge in [-0.05, 0) is 51.0 Å². The highest BCUT2D eigenvalue weighted by molar-refractivity contribution is 5.87. The summed E-state index contributed by atoms with van der Waals surface area (Å²) in [7, 11) is 0. The van der Waals surface area contributed by atoms with Crippen molar-refractivity contribution in [3.05, 3.63) is 29.8 Å². The van der Waals surface area contributed by atoms with Crippen molar-refractivity contribution in [2.24, 2.45) is 0 Å². The van der Waals surface area contributed by atoms with Gasteiger partial charge < -0.3 is 9.84 Å². The monoisotopic (exact) mass is 292 g/mol. The van der Waals surface area contributed by atoms with Gasteiger partial charge in [0.1, 0.15) is 12.4 Å². The minimum absolute atomic E-state index is 0.274. The lowest BCUT2D eigenvalue weighted by Gasteiger charge is -2.39. The SMILES string of the molecule is CC1CCCC(C)N1NCCOc1ccc(C(=O)O)cc1. The zero-order valence-electron chi connectivity index (χ0n) is 12.7. The highest BCUT2D eigenvalue weighted by Gasteiger charge is 2.23. The second kappa shape index (κ2) is 7.43. The van der Waals surface area contributed by atoms with E-state index in [1.165, 1.54) is 19.3 Å². The quantitative estimate of drug-likeness (QED) is 0.789. The molecule has 2 N–H and O–H groups in total. The van der Waals surface area contributed by atoms with Gasteiger partial charge >= 0.3 is 5.97 Å². The van der Waals surface area contributed by atoms with E-state index in [0.29, 0.717) is 24.4 Å². The first-order valence-corrected chi connectivity index (χ1v) is 7.56. The summed E-state index contributed by atoms with van der Waals surface area (Å²) in [5.74, 6) is -0.224. The predicted molar refractivity (Wildman–Crippen MR) is 81.5 cm³/mol. The number of benzene rings is 1. The van der Waals surface area contributed by atoms with Gasteiger partial charge in [-0.1, -0.05) is 6.42 Å². The first-order valence-electron chi connectivity index (χ1n) is 7.56. The second-order valence-electron chi connectivity index (χ2n) is 5.62. The Morgan fingerprint density at radius 3 is 2.48 bits per heavy atom. The molecule has 21 heavy (non-hydrogen) atoms. The van der Waals surface area contributed by atoms with E-state index in [0.717, 1.165) is 6.54 Å². The van der Waals surface area contributed by atoms with Crippen LogP contribution in [0.1, 0.15) is 43.5 Å². The number of hydrogen-bond acceptors (Lipinski definition) is 4. The van der Waals surface area contributed by atoms with Crippen molar-refractivity contribution in [3.63, 3.8) is 0 Å². The van der Waals surface area contributed by atoms with Gasteiger partial charge in [-0.2, -0.15) is 0 Å². The molecule has 2 rings (SSSR count). The minimum Gasteiger partial charge on any atom is -0.492 e. The van der Waals surface area contributed by atoms with Crippen molar-refractivity contribution < 1.29 is 14.6 Å². The van der Waals surface area contributed by atoms with Crippen molar-refractivity contribution >= 4 is 5.97 Å². The number of nitrogens with zero attached hydrogens (tertiary/aromatic N) is 1. The van der Waals surface area contributed by atoms with Gasteiger partial charge in [0.05, 0.1) is 5.56 Å². The van der Waals surface area contributed by atoms with Crippen LogP contribution in [0.25, 0.3) is 0 Å². The fraction of sp³-hybridized carbons (Fsp3) is 0.562. The van der Waals surface area contributed by atoms with Crippen LogP contribution in [0, 0.1) is 0 Å². The highest BCUT2D eigenvalue weighted by atomic mass is 16.5. The van der Waals surface area contributed by atoms with Crippen LogP contribution in [0.4, 0.5) is 0 Å². The average Bonchev–Trinajstić information content (AvgIpc) is 2.46. The number of rotatable bonds is 6. The van der Waals surface area contributed by atoms with Gasteiger partial charge in [0.15, 0.2) is 0 Å². The van der Waals surface area contributed by atoms with E-state index in [1.54, 1.807) is 24.3 Å². The fourth-order valence-corrected chi connectivity index (χ4v) is 2.77. The summed E-state index contributed by atoms with van der Waals surface area (Å²) in [5.41, 5.74) is 3.71. The number of aromatic carboxylic acids is 1. The van der Waals surface area contributed by atoms with Crippen LogP contribution < -0.4 is 10.2 Å². The smallest absolute Gasteiger partial charge is 0.335 e. The topological polar surface area (TPSA) is 61.8 Å². The molecular weight excluding hydrogens is 268 g/mol. The molecule has 0 saturated carbocycles. The van der Waals surface area contributed by atoms with Crippen LogP contribution in [0.3, 0.4) is 0 Å². The first kappa shape index (κ1) is 15.8. The van der Waals surface area contributed by atoms with E-state index in [-0.39, 0.29) is 5.56 Å². The van der Waals surface area contributed by atoms with Crippen LogP contribution in [-0.2, 0) is 0 Å². The molecule has 0 spiro atoms. The molecule has 5 heteroatoms. The van der Waals surface area contributed by atoms with Gasteiger partial charge in [0.25, 0.3) is 0 Å². The van der Waals surface area contributed by atoms with E-state index in [2.05, 4.69) is 24.3 Å². The number of nitrogens with one attached hydrogen (secondary N) is 1. The van der Waals surface area contributed by atoms with E-state index in [1.807, 2.05) is 0 Å². The van der Waals surface area contributed by atoms with Crippen LogP contribution in [-0.4, -0.2) is 41.3 Å². The van der Waals surface area contributed by atoms with Gasteiger partial charge in [-0.15, -0.1) is 0 Å². The molecule has 1 saturated heterocycles. The Kier molecular flexibility index (Phi) is 5.59. The third kappa shape index (κ3) is 4.44. The molecule has 1 fully saturated rings. The normalized spacial score (nSPS) is 23.0. The maximum atomic E-state index is 10.8. The number of ether oxygens (including phenoxy) is 1. The maximum Gasteiger partial charge on any atom is 0.335 e. The summed E-state index contributed by atoms with van der Waals surface area (Å²) in [6, 6.07) is 7.61. The van der Waals surface area contributed by atoms with Crippen LogP contribution in [0.5, 0.6) is 5.75 Å². The molecule has 1 aliphatic rings. The number of carbonyl (C=O) groups is 1. The number of hydrazine groups is 1. The number of piperidine rings is 1. The molecule has 0 bridgehead atoms. The Morgan fingerprint density at radius 2 is 1.90 bits per heavy atom. The van der Waals surface area contributed by atoms with Crippen LogP contribution in [0.15, 0.2) is 24.3 Å². The average molecular weight is 292 g/mol. The predicted octanol–water partition coefficient (Wildman–Crippen LogP) is 2.53. The Bertz CT molecular complexity index is 451. The molecule has 1 aliphatic heterocycles. The zero-order valence-corrected chi connectivity index (χ0v) is 12.7. The number of hydrogen-bond donors (Lipinski definition) is 2. The van der Waals surface area contributed by atoms with Crippen molar-refractivity contribution in [1.29, 1.82) is 0 Å². The molecule has 0 amide bonds. The molecule has 5 nitrogen and oxygen atoms in total. The Hall–Kier alpha value is -1.59. The maximum absolute atomic E-state index is 10.8. The summed E-state index contributed by atoms with van der Waals surface area (Å²) >= 11 is 0. The highest BCUT2D eigenvalue weighted by Crippen LogP contribution is 2.20. The number of carboxylic acids is 1. The van der Waals surface area contributed by atoms with E-state index in [9.17, 15) is 4.79 Å². The third-order valence-corrected chi connectivity index (χ3v) is 3.96. The summed E-state index contributed by atoms with van der Waals surface area (Å²) in [5, 5.41) is 11.1. The Balaban J connectivity index is 1.73. The van der Waals surface area contributed by atoms with Gasteiger partial charge in [0.2, 0.25) is 0 Å².